The number of carbonyl (C=O) groups excluding carboxylic acids is 1. The van der Waals surface area contributed by atoms with E-state index in [4.69, 9.17) is 5.10 Å². The molecule has 2 aromatic heterocycles. The van der Waals surface area contributed by atoms with Gasteiger partial charge in [0.1, 0.15) is 5.69 Å². The largest absolute Gasteiger partial charge is 0.352 e. The number of hydrogen-bond acceptors (Lipinski definition) is 3. The summed E-state index contributed by atoms with van der Waals surface area (Å²) in [6, 6.07) is 21.6. The maximum Gasteiger partial charge on any atom is 0.255 e. The van der Waals surface area contributed by atoms with E-state index < -0.39 is 0 Å². The molecule has 0 radical (unpaired) electrons. The van der Waals surface area contributed by atoms with Crippen LogP contribution in [0.4, 0.5) is 0 Å². The molecule has 0 bridgehead atoms. The van der Waals surface area contributed by atoms with Crippen molar-refractivity contribution >= 4 is 5.91 Å². The number of carbonyl (C=O) groups is 1. The standard InChI is InChI=1S/C23H23N5O/c1-18-21(23(29)24-14-8-16-27-17-9-15-25-27)22(19-10-4-2-5-11-19)26-28(18)20-12-6-3-7-13-20/h2-7,9-13,15,17H,8,14,16H2,1H3,(H,24,29). The lowest BCUT2D eigenvalue weighted by Crippen LogP contribution is -2.26. The van der Waals surface area contributed by atoms with E-state index >= 15 is 0 Å². The molecule has 2 heterocycles. The van der Waals surface area contributed by atoms with Crippen LogP contribution in [0, 0.1) is 6.92 Å². The molecule has 0 saturated heterocycles. The lowest BCUT2D eigenvalue weighted by molar-refractivity contribution is 0.0952. The molecular weight excluding hydrogens is 362 g/mol. The lowest BCUT2D eigenvalue weighted by Gasteiger charge is -2.08. The maximum absolute atomic E-state index is 13.1. The van der Waals surface area contributed by atoms with Crippen LogP contribution in [0.3, 0.4) is 0 Å². The van der Waals surface area contributed by atoms with E-state index in [1.807, 2.05) is 89.2 Å². The number of amides is 1. The predicted molar refractivity (Wildman–Crippen MR) is 113 cm³/mol. The van der Waals surface area contributed by atoms with Gasteiger partial charge in [-0.3, -0.25) is 9.48 Å². The summed E-state index contributed by atoms with van der Waals surface area (Å²) in [7, 11) is 0. The fourth-order valence-electron chi connectivity index (χ4n) is 3.36. The van der Waals surface area contributed by atoms with Gasteiger partial charge in [-0.05, 0) is 31.5 Å². The third-order valence-corrected chi connectivity index (χ3v) is 4.80. The smallest absolute Gasteiger partial charge is 0.255 e. The number of aryl methyl sites for hydroxylation is 1. The third kappa shape index (κ3) is 4.11. The van der Waals surface area contributed by atoms with Crippen molar-refractivity contribution in [3.63, 3.8) is 0 Å². The molecule has 0 aliphatic heterocycles. The molecule has 0 fully saturated rings. The van der Waals surface area contributed by atoms with Gasteiger partial charge in [0.2, 0.25) is 0 Å². The molecule has 6 nitrogen and oxygen atoms in total. The topological polar surface area (TPSA) is 64.7 Å². The molecular formula is C23H23N5O. The van der Waals surface area contributed by atoms with Gasteiger partial charge in [0.15, 0.2) is 0 Å². The molecule has 0 saturated carbocycles. The molecule has 0 unspecified atom stereocenters. The number of nitrogens with one attached hydrogen (secondary N) is 1. The number of nitrogens with zero attached hydrogens (tertiary/aromatic N) is 4. The minimum atomic E-state index is -0.107. The second kappa shape index (κ2) is 8.56. The van der Waals surface area contributed by atoms with Crippen molar-refractivity contribution < 1.29 is 4.79 Å². The Kier molecular flexibility index (Phi) is 5.52. The Morgan fingerprint density at radius 1 is 1.00 bits per heavy atom. The fraction of sp³-hybridized carbons (Fsp3) is 0.174. The molecule has 1 N–H and O–H groups in total. The van der Waals surface area contributed by atoms with Crippen molar-refractivity contribution in [3.05, 3.63) is 90.4 Å². The molecule has 4 rings (SSSR count). The first-order valence-electron chi connectivity index (χ1n) is 9.70. The molecule has 0 spiro atoms. The van der Waals surface area contributed by atoms with Crippen LogP contribution in [-0.4, -0.2) is 32.0 Å². The molecule has 2 aromatic carbocycles. The van der Waals surface area contributed by atoms with Crippen LogP contribution in [0.5, 0.6) is 0 Å². The van der Waals surface area contributed by atoms with E-state index in [2.05, 4.69) is 10.4 Å². The Labute approximate surface area is 169 Å². The molecule has 146 valence electrons. The summed E-state index contributed by atoms with van der Waals surface area (Å²) < 4.78 is 3.70. The van der Waals surface area contributed by atoms with Crippen LogP contribution in [0.15, 0.2) is 79.1 Å². The van der Waals surface area contributed by atoms with Gasteiger partial charge >= 0.3 is 0 Å². The summed E-state index contributed by atoms with van der Waals surface area (Å²) in [5.74, 6) is -0.107. The van der Waals surface area contributed by atoms with E-state index in [1.165, 1.54) is 0 Å². The minimum Gasteiger partial charge on any atom is -0.352 e. The molecule has 1 amide bonds. The van der Waals surface area contributed by atoms with Gasteiger partial charge in [0.25, 0.3) is 5.91 Å². The third-order valence-electron chi connectivity index (χ3n) is 4.80. The predicted octanol–water partition coefficient (Wildman–Crippen LogP) is 3.86. The zero-order valence-corrected chi connectivity index (χ0v) is 16.3. The summed E-state index contributed by atoms with van der Waals surface area (Å²) in [6.07, 6.45) is 4.48. The molecule has 29 heavy (non-hydrogen) atoms. The zero-order chi connectivity index (χ0) is 20.1. The van der Waals surface area contributed by atoms with Crippen molar-refractivity contribution in [1.29, 1.82) is 0 Å². The second-order valence-corrected chi connectivity index (χ2v) is 6.80. The van der Waals surface area contributed by atoms with Crippen molar-refractivity contribution in [2.75, 3.05) is 6.54 Å². The first-order chi connectivity index (χ1) is 14.2. The van der Waals surface area contributed by atoms with Gasteiger partial charge in [0, 0.05) is 31.0 Å². The zero-order valence-electron chi connectivity index (χ0n) is 16.3. The second-order valence-electron chi connectivity index (χ2n) is 6.80. The number of aromatic nitrogens is 4. The average molecular weight is 385 g/mol. The molecule has 4 aromatic rings. The number of rotatable bonds is 7. The van der Waals surface area contributed by atoms with Gasteiger partial charge in [-0.15, -0.1) is 0 Å². The Balaban J connectivity index is 1.60. The van der Waals surface area contributed by atoms with Crippen LogP contribution >= 0.6 is 0 Å². The highest BCUT2D eigenvalue weighted by Crippen LogP contribution is 2.27. The Bertz CT molecular complexity index is 1070. The Hall–Kier alpha value is -3.67. The van der Waals surface area contributed by atoms with Crippen LogP contribution in [-0.2, 0) is 6.54 Å². The number of hydrogen-bond donors (Lipinski definition) is 1. The van der Waals surface area contributed by atoms with Crippen molar-refractivity contribution in [2.24, 2.45) is 0 Å². The number of benzene rings is 2. The molecule has 0 atom stereocenters. The summed E-state index contributed by atoms with van der Waals surface area (Å²) in [4.78, 5) is 13.1. The quantitative estimate of drug-likeness (QED) is 0.491. The van der Waals surface area contributed by atoms with E-state index in [9.17, 15) is 4.79 Å². The van der Waals surface area contributed by atoms with Crippen LogP contribution < -0.4 is 5.32 Å². The fourth-order valence-corrected chi connectivity index (χ4v) is 3.36. The highest BCUT2D eigenvalue weighted by Gasteiger charge is 2.22. The van der Waals surface area contributed by atoms with E-state index in [0.717, 1.165) is 29.9 Å². The number of para-hydroxylation sites is 1. The molecule has 6 heteroatoms. The maximum atomic E-state index is 13.1. The van der Waals surface area contributed by atoms with Crippen molar-refractivity contribution in [3.8, 4) is 16.9 Å². The van der Waals surface area contributed by atoms with Gasteiger partial charge in [-0.25, -0.2) is 4.68 Å². The van der Waals surface area contributed by atoms with Crippen LogP contribution in [0.1, 0.15) is 22.5 Å². The summed E-state index contributed by atoms with van der Waals surface area (Å²) >= 11 is 0. The first-order valence-corrected chi connectivity index (χ1v) is 9.70. The van der Waals surface area contributed by atoms with E-state index in [1.54, 1.807) is 6.20 Å². The van der Waals surface area contributed by atoms with Crippen LogP contribution in [0.25, 0.3) is 16.9 Å². The first kappa shape index (κ1) is 18.7. The average Bonchev–Trinajstić information content (AvgIpc) is 3.40. The summed E-state index contributed by atoms with van der Waals surface area (Å²) in [5.41, 5.74) is 3.97. The highest BCUT2D eigenvalue weighted by atomic mass is 16.1. The molecule has 0 aliphatic rings. The summed E-state index contributed by atoms with van der Waals surface area (Å²) in [6.45, 7) is 3.27. The summed E-state index contributed by atoms with van der Waals surface area (Å²) in [5, 5.41) is 12.0. The highest BCUT2D eigenvalue weighted by molar-refractivity contribution is 6.01. The SMILES string of the molecule is Cc1c(C(=O)NCCCn2cccn2)c(-c2ccccc2)nn1-c1ccccc1. The Morgan fingerprint density at radius 2 is 1.72 bits per heavy atom. The van der Waals surface area contributed by atoms with Gasteiger partial charge in [0.05, 0.1) is 16.9 Å². The van der Waals surface area contributed by atoms with Crippen molar-refractivity contribution in [2.45, 2.75) is 19.9 Å². The minimum absolute atomic E-state index is 0.107. The Morgan fingerprint density at radius 3 is 2.41 bits per heavy atom. The van der Waals surface area contributed by atoms with E-state index in [0.29, 0.717) is 17.8 Å². The lowest BCUT2D eigenvalue weighted by atomic mass is 10.1. The van der Waals surface area contributed by atoms with Gasteiger partial charge in [-0.2, -0.15) is 10.2 Å². The van der Waals surface area contributed by atoms with Gasteiger partial charge < -0.3 is 5.32 Å². The van der Waals surface area contributed by atoms with Crippen LogP contribution in [0.2, 0.25) is 0 Å². The molecule has 0 aliphatic carbocycles. The monoisotopic (exact) mass is 385 g/mol. The normalized spacial score (nSPS) is 10.8. The van der Waals surface area contributed by atoms with Gasteiger partial charge in [-0.1, -0.05) is 48.5 Å². The van der Waals surface area contributed by atoms with Crippen molar-refractivity contribution in [1.82, 2.24) is 24.9 Å². The van der Waals surface area contributed by atoms with E-state index in [-0.39, 0.29) is 5.91 Å².